The van der Waals surface area contributed by atoms with E-state index in [9.17, 15) is 4.79 Å². The lowest BCUT2D eigenvalue weighted by Crippen LogP contribution is -2.29. The first-order valence-corrected chi connectivity index (χ1v) is 7.76. The number of nitrogens with zero attached hydrogens (tertiary/aromatic N) is 1. The number of aromatic nitrogens is 1. The summed E-state index contributed by atoms with van der Waals surface area (Å²) < 4.78 is 7.86. The number of ketones is 1. The maximum absolute atomic E-state index is 12.3. The minimum absolute atomic E-state index is 0.0995. The highest BCUT2D eigenvalue weighted by Gasteiger charge is 2.34. The first-order chi connectivity index (χ1) is 9.46. The van der Waals surface area contributed by atoms with Crippen molar-refractivity contribution in [2.24, 2.45) is 11.3 Å². The number of Topliss-reactive ketones (excluding diaryl/α,β-unsaturated/α-hetero) is 1. The second kappa shape index (κ2) is 5.03. The van der Waals surface area contributed by atoms with Crippen molar-refractivity contribution in [2.75, 3.05) is 13.2 Å². The van der Waals surface area contributed by atoms with Crippen molar-refractivity contribution in [2.45, 2.75) is 53.0 Å². The summed E-state index contributed by atoms with van der Waals surface area (Å²) in [6.45, 7) is 9.37. The molecule has 0 saturated carbocycles. The number of ether oxygens (including phenoxy) is 1. The highest BCUT2D eigenvalue weighted by atomic mass is 16.5. The molecule has 2 heterocycles. The van der Waals surface area contributed by atoms with Crippen LogP contribution < -0.4 is 0 Å². The number of hydrogen-bond acceptors (Lipinski definition) is 2. The zero-order valence-corrected chi connectivity index (χ0v) is 12.9. The van der Waals surface area contributed by atoms with Crippen LogP contribution in [0.4, 0.5) is 0 Å². The Morgan fingerprint density at radius 2 is 2.00 bits per heavy atom. The van der Waals surface area contributed by atoms with Crippen molar-refractivity contribution >= 4 is 5.78 Å². The second-order valence-electron chi connectivity index (χ2n) is 7.25. The van der Waals surface area contributed by atoms with Crippen molar-refractivity contribution in [1.29, 1.82) is 0 Å². The molecule has 1 saturated heterocycles. The molecule has 0 unspecified atom stereocenters. The fraction of sp³-hybridized carbons (Fsp3) is 0.706. The molecule has 0 radical (unpaired) electrons. The molecule has 0 atom stereocenters. The summed E-state index contributed by atoms with van der Waals surface area (Å²) in [6.07, 6.45) is 3.99. The van der Waals surface area contributed by atoms with E-state index in [1.54, 1.807) is 0 Å². The zero-order valence-electron chi connectivity index (χ0n) is 12.9. The normalized spacial score (nSPS) is 22.9. The van der Waals surface area contributed by atoms with Crippen LogP contribution in [0.3, 0.4) is 0 Å². The molecule has 1 aromatic heterocycles. The van der Waals surface area contributed by atoms with Crippen molar-refractivity contribution in [1.82, 2.24) is 4.57 Å². The predicted octanol–water partition coefficient (Wildman–Crippen LogP) is 3.38. The molecule has 2 aliphatic rings. The molecule has 1 aliphatic carbocycles. The molecule has 3 rings (SSSR count). The Balaban J connectivity index is 1.90. The van der Waals surface area contributed by atoms with Gasteiger partial charge in [-0.25, -0.2) is 0 Å². The van der Waals surface area contributed by atoms with Crippen molar-refractivity contribution in [3.63, 3.8) is 0 Å². The Bertz CT molecular complexity index is 521. The van der Waals surface area contributed by atoms with Crippen LogP contribution in [0.2, 0.25) is 0 Å². The summed E-state index contributed by atoms with van der Waals surface area (Å²) in [7, 11) is 0. The van der Waals surface area contributed by atoms with E-state index in [4.69, 9.17) is 4.74 Å². The van der Waals surface area contributed by atoms with Crippen LogP contribution in [0.15, 0.2) is 6.07 Å². The topological polar surface area (TPSA) is 31.2 Å². The maximum atomic E-state index is 12.3. The van der Waals surface area contributed by atoms with Gasteiger partial charge in [-0.2, -0.15) is 0 Å². The number of carbonyl (C=O) groups excluding carboxylic acids is 1. The van der Waals surface area contributed by atoms with Crippen molar-refractivity contribution in [3.05, 3.63) is 23.0 Å². The summed E-state index contributed by atoms with van der Waals surface area (Å²) >= 11 is 0. The van der Waals surface area contributed by atoms with E-state index in [-0.39, 0.29) is 5.41 Å². The fourth-order valence-corrected chi connectivity index (χ4v) is 3.65. The Morgan fingerprint density at radius 3 is 2.70 bits per heavy atom. The van der Waals surface area contributed by atoms with E-state index in [0.717, 1.165) is 44.6 Å². The fourth-order valence-electron chi connectivity index (χ4n) is 3.65. The van der Waals surface area contributed by atoms with Gasteiger partial charge in [-0.1, -0.05) is 13.8 Å². The van der Waals surface area contributed by atoms with Crippen LogP contribution in [0.1, 0.15) is 54.9 Å². The lowest BCUT2D eigenvalue weighted by Gasteiger charge is -2.31. The number of hydrogen-bond donors (Lipinski definition) is 0. The zero-order chi connectivity index (χ0) is 14.3. The Morgan fingerprint density at radius 1 is 1.30 bits per heavy atom. The number of fused-ring (bicyclic) bond motifs is 1. The van der Waals surface area contributed by atoms with Crippen LogP contribution in [0.25, 0.3) is 0 Å². The predicted molar refractivity (Wildman–Crippen MR) is 79.1 cm³/mol. The Kier molecular flexibility index (Phi) is 3.49. The number of rotatable bonds is 2. The van der Waals surface area contributed by atoms with Gasteiger partial charge in [0.2, 0.25) is 0 Å². The lowest BCUT2D eigenvalue weighted by atomic mass is 9.76. The quantitative estimate of drug-likeness (QED) is 0.828. The van der Waals surface area contributed by atoms with E-state index in [1.165, 1.54) is 11.4 Å². The number of carbonyl (C=O) groups is 1. The highest BCUT2D eigenvalue weighted by molar-refractivity contribution is 5.99. The van der Waals surface area contributed by atoms with Gasteiger partial charge in [0, 0.05) is 43.1 Å². The van der Waals surface area contributed by atoms with Gasteiger partial charge in [0.25, 0.3) is 0 Å². The standard InChI is InChI=1S/C17H25NO2/c1-12-8-14-15(9-17(2,3)10-16(14)19)18(12)11-13-4-6-20-7-5-13/h8,13H,4-7,9-11H2,1-3H3. The van der Waals surface area contributed by atoms with Crippen LogP contribution in [-0.4, -0.2) is 23.6 Å². The van der Waals surface area contributed by atoms with E-state index in [2.05, 4.69) is 31.4 Å². The summed E-state index contributed by atoms with van der Waals surface area (Å²) in [5.41, 5.74) is 3.60. The van der Waals surface area contributed by atoms with Gasteiger partial charge in [0.15, 0.2) is 5.78 Å². The van der Waals surface area contributed by atoms with E-state index in [0.29, 0.717) is 18.1 Å². The van der Waals surface area contributed by atoms with Gasteiger partial charge in [-0.15, -0.1) is 0 Å². The summed E-state index contributed by atoms with van der Waals surface area (Å²) in [6, 6.07) is 2.10. The Labute approximate surface area is 121 Å². The Hall–Kier alpha value is -1.09. The molecule has 0 aromatic carbocycles. The summed E-state index contributed by atoms with van der Waals surface area (Å²) in [5.74, 6) is 1.02. The third-order valence-corrected chi connectivity index (χ3v) is 4.78. The lowest BCUT2D eigenvalue weighted by molar-refractivity contribution is 0.0605. The minimum atomic E-state index is 0.0995. The van der Waals surface area contributed by atoms with Crippen molar-refractivity contribution < 1.29 is 9.53 Å². The van der Waals surface area contributed by atoms with E-state index in [1.807, 2.05) is 0 Å². The van der Waals surface area contributed by atoms with Crippen LogP contribution in [0.5, 0.6) is 0 Å². The molecule has 0 bridgehead atoms. The van der Waals surface area contributed by atoms with Crippen molar-refractivity contribution in [3.8, 4) is 0 Å². The molecule has 1 aliphatic heterocycles. The van der Waals surface area contributed by atoms with Gasteiger partial charge < -0.3 is 9.30 Å². The van der Waals surface area contributed by atoms with E-state index >= 15 is 0 Å². The first kappa shape index (κ1) is 13.9. The van der Waals surface area contributed by atoms with Gasteiger partial charge in [0.05, 0.1) is 0 Å². The number of aryl methyl sites for hydroxylation is 1. The molecule has 20 heavy (non-hydrogen) atoms. The average Bonchev–Trinajstić information content (AvgIpc) is 2.67. The molecule has 1 aromatic rings. The largest absolute Gasteiger partial charge is 0.381 e. The molecular weight excluding hydrogens is 250 g/mol. The smallest absolute Gasteiger partial charge is 0.165 e. The van der Waals surface area contributed by atoms with Crippen LogP contribution in [-0.2, 0) is 17.7 Å². The van der Waals surface area contributed by atoms with Crippen LogP contribution in [0, 0.1) is 18.3 Å². The summed E-state index contributed by atoms with van der Waals surface area (Å²) in [4.78, 5) is 12.3. The molecular formula is C17H25NO2. The summed E-state index contributed by atoms with van der Waals surface area (Å²) in [5, 5.41) is 0. The van der Waals surface area contributed by atoms with Gasteiger partial charge >= 0.3 is 0 Å². The average molecular weight is 275 g/mol. The first-order valence-electron chi connectivity index (χ1n) is 7.76. The highest BCUT2D eigenvalue weighted by Crippen LogP contribution is 2.36. The van der Waals surface area contributed by atoms with E-state index < -0.39 is 0 Å². The SMILES string of the molecule is Cc1cc2c(n1CC1CCOCC1)CC(C)(C)CC2=O. The minimum Gasteiger partial charge on any atom is -0.381 e. The molecule has 0 spiro atoms. The molecule has 0 amide bonds. The van der Waals surface area contributed by atoms with Crippen LogP contribution >= 0.6 is 0 Å². The molecule has 3 heteroatoms. The maximum Gasteiger partial charge on any atom is 0.165 e. The van der Waals surface area contributed by atoms with Gasteiger partial charge in [-0.05, 0) is 43.6 Å². The monoisotopic (exact) mass is 275 g/mol. The second-order valence-corrected chi connectivity index (χ2v) is 7.25. The molecule has 0 N–H and O–H groups in total. The molecule has 1 fully saturated rings. The van der Waals surface area contributed by atoms with Gasteiger partial charge in [0.1, 0.15) is 0 Å². The third-order valence-electron chi connectivity index (χ3n) is 4.78. The molecule has 110 valence electrons. The third kappa shape index (κ3) is 2.56. The molecule has 3 nitrogen and oxygen atoms in total. The van der Waals surface area contributed by atoms with Gasteiger partial charge in [-0.3, -0.25) is 4.79 Å².